The largest absolute Gasteiger partial charge is 0.495 e. The fourth-order valence-electron chi connectivity index (χ4n) is 2.88. The number of nitrogens with zero attached hydrogens (tertiary/aromatic N) is 2. The molecule has 148 valence electrons. The smallest absolute Gasteiger partial charge is 0.309 e. The zero-order valence-electron chi connectivity index (χ0n) is 16.1. The molecule has 0 saturated heterocycles. The number of aliphatic carboxylic acids is 1. The predicted octanol–water partition coefficient (Wildman–Crippen LogP) is 3.16. The quantitative estimate of drug-likeness (QED) is 0.373. The van der Waals surface area contributed by atoms with Gasteiger partial charge in [-0.15, -0.1) is 0 Å². The zero-order valence-corrected chi connectivity index (χ0v) is 16.1. The van der Waals surface area contributed by atoms with Crippen molar-refractivity contribution in [3.8, 4) is 17.0 Å². The number of hydrogen-bond acceptors (Lipinski definition) is 5. The van der Waals surface area contributed by atoms with Gasteiger partial charge in [-0.2, -0.15) is 0 Å². The number of carboxylic acid groups (broad SMARTS) is 1. The molecule has 2 aromatic rings. The summed E-state index contributed by atoms with van der Waals surface area (Å²) in [6.07, 6.45) is 2.63. The molecule has 1 amide bonds. The Labute approximate surface area is 164 Å². The standard InChI is InChI=1S/C21H25N3O4/c1-3-24(14-25)20(22)6-4-5-15-7-9-16(10-8-15)17-11-12-19(28-2)18(23-17)13-21(26)27/h7-12,14,22H,3-6,13H2,1-2H3,(H,26,27). The number of pyridine rings is 1. The Balaban J connectivity index is 2.03. The Morgan fingerprint density at radius 2 is 1.96 bits per heavy atom. The number of rotatable bonds is 10. The third-order valence-electron chi connectivity index (χ3n) is 4.41. The monoisotopic (exact) mass is 383 g/mol. The molecular formula is C21H25N3O4. The fourth-order valence-corrected chi connectivity index (χ4v) is 2.88. The SMILES string of the molecule is CCN(C=O)C(=N)CCCc1ccc(-c2ccc(OC)c(CC(=O)O)n2)cc1. The number of benzene rings is 1. The second kappa shape index (κ2) is 10.2. The van der Waals surface area contributed by atoms with Crippen LogP contribution in [0.3, 0.4) is 0 Å². The summed E-state index contributed by atoms with van der Waals surface area (Å²) in [5.41, 5.74) is 3.11. The van der Waals surface area contributed by atoms with Crippen molar-refractivity contribution in [3.05, 3.63) is 47.7 Å². The number of carbonyl (C=O) groups excluding carboxylic acids is 1. The van der Waals surface area contributed by atoms with Crippen LogP contribution in [0, 0.1) is 5.41 Å². The molecule has 7 heteroatoms. The minimum Gasteiger partial charge on any atom is -0.495 e. The first-order chi connectivity index (χ1) is 13.5. The molecule has 0 saturated carbocycles. The van der Waals surface area contributed by atoms with E-state index in [4.69, 9.17) is 15.3 Å². The highest BCUT2D eigenvalue weighted by Gasteiger charge is 2.11. The second-order valence-corrected chi connectivity index (χ2v) is 6.30. The number of amides is 1. The van der Waals surface area contributed by atoms with Crippen LogP contribution in [0.15, 0.2) is 36.4 Å². The lowest BCUT2D eigenvalue weighted by Gasteiger charge is -2.15. The van der Waals surface area contributed by atoms with Crippen molar-refractivity contribution in [2.45, 2.75) is 32.6 Å². The van der Waals surface area contributed by atoms with Gasteiger partial charge in [0.15, 0.2) is 0 Å². The van der Waals surface area contributed by atoms with E-state index in [-0.39, 0.29) is 6.42 Å². The Kier molecular flexibility index (Phi) is 7.68. The highest BCUT2D eigenvalue weighted by atomic mass is 16.5. The van der Waals surface area contributed by atoms with E-state index in [1.54, 1.807) is 12.1 Å². The average Bonchev–Trinajstić information content (AvgIpc) is 2.69. The van der Waals surface area contributed by atoms with Crippen molar-refractivity contribution in [2.75, 3.05) is 13.7 Å². The van der Waals surface area contributed by atoms with Crippen LogP contribution in [0.2, 0.25) is 0 Å². The number of aromatic nitrogens is 1. The number of aryl methyl sites for hydroxylation is 1. The number of carboxylic acids is 1. The molecule has 0 unspecified atom stereocenters. The molecule has 0 fully saturated rings. The van der Waals surface area contributed by atoms with E-state index in [9.17, 15) is 9.59 Å². The van der Waals surface area contributed by atoms with Crippen molar-refractivity contribution in [2.24, 2.45) is 0 Å². The molecule has 28 heavy (non-hydrogen) atoms. The molecule has 7 nitrogen and oxygen atoms in total. The summed E-state index contributed by atoms with van der Waals surface area (Å²) >= 11 is 0. The minimum atomic E-state index is -0.958. The first-order valence-corrected chi connectivity index (χ1v) is 9.12. The van der Waals surface area contributed by atoms with Gasteiger partial charge >= 0.3 is 5.97 Å². The summed E-state index contributed by atoms with van der Waals surface area (Å²) in [6.45, 7) is 2.35. The molecule has 0 spiro atoms. The number of carbonyl (C=O) groups is 2. The first-order valence-electron chi connectivity index (χ1n) is 9.12. The van der Waals surface area contributed by atoms with Crippen LogP contribution in [-0.2, 0) is 22.4 Å². The number of ether oxygens (including phenoxy) is 1. The molecule has 1 heterocycles. The molecular weight excluding hydrogens is 358 g/mol. The van der Waals surface area contributed by atoms with Gasteiger partial charge in [0.25, 0.3) is 0 Å². The Morgan fingerprint density at radius 1 is 1.25 bits per heavy atom. The highest BCUT2D eigenvalue weighted by Crippen LogP contribution is 2.24. The summed E-state index contributed by atoms with van der Waals surface area (Å²) in [5, 5.41) is 16.9. The van der Waals surface area contributed by atoms with Gasteiger partial charge in [0.2, 0.25) is 6.41 Å². The minimum absolute atomic E-state index is 0.198. The molecule has 0 atom stereocenters. The van der Waals surface area contributed by atoms with Crippen LogP contribution in [-0.4, -0.2) is 46.9 Å². The Hall–Kier alpha value is -3.22. The van der Waals surface area contributed by atoms with E-state index in [0.29, 0.717) is 42.3 Å². The third kappa shape index (κ3) is 5.64. The van der Waals surface area contributed by atoms with Gasteiger partial charge in [-0.05, 0) is 37.5 Å². The lowest BCUT2D eigenvalue weighted by atomic mass is 10.0. The molecule has 1 aromatic heterocycles. The summed E-state index contributed by atoms with van der Waals surface area (Å²) < 4.78 is 5.18. The molecule has 0 aliphatic rings. The molecule has 2 rings (SSSR count). The fraction of sp³-hybridized carbons (Fsp3) is 0.333. The van der Waals surface area contributed by atoms with Crippen LogP contribution < -0.4 is 4.74 Å². The van der Waals surface area contributed by atoms with Gasteiger partial charge in [-0.3, -0.25) is 15.0 Å². The van der Waals surface area contributed by atoms with Crippen LogP contribution >= 0.6 is 0 Å². The van der Waals surface area contributed by atoms with Crippen LogP contribution in [0.5, 0.6) is 5.75 Å². The lowest BCUT2D eigenvalue weighted by molar-refractivity contribution is -0.136. The summed E-state index contributed by atoms with van der Waals surface area (Å²) in [5.74, 6) is -0.163. The summed E-state index contributed by atoms with van der Waals surface area (Å²) in [6, 6.07) is 11.4. The number of methoxy groups -OCH3 is 1. The van der Waals surface area contributed by atoms with Gasteiger partial charge in [0.1, 0.15) is 11.6 Å². The van der Waals surface area contributed by atoms with Crippen molar-refractivity contribution < 1.29 is 19.4 Å². The third-order valence-corrected chi connectivity index (χ3v) is 4.41. The Morgan fingerprint density at radius 3 is 2.54 bits per heavy atom. The van der Waals surface area contributed by atoms with E-state index < -0.39 is 5.97 Å². The highest BCUT2D eigenvalue weighted by molar-refractivity contribution is 5.88. The molecule has 1 aromatic carbocycles. The predicted molar refractivity (Wildman–Crippen MR) is 107 cm³/mol. The van der Waals surface area contributed by atoms with Gasteiger partial charge in [-0.1, -0.05) is 24.3 Å². The van der Waals surface area contributed by atoms with Crippen molar-refractivity contribution >= 4 is 18.2 Å². The summed E-state index contributed by atoms with van der Waals surface area (Å²) in [7, 11) is 1.49. The topological polar surface area (TPSA) is 104 Å². The van der Waals surface area contributed by atoms with Crippen LogP contribution in [0.25, 0.3) is 11.3 Å². The van der Waals surface area contributed by atoms with Gasteiger partial charge in [0.05, 0.1) is 24.9 Å². The molecule has 0 radical (unpaired) electrons. The van der Waals surface area contributed by atoms with Gasteiger partial charge in [-0.25, -0.2) is 4.98 Å². The first kappa shape index (κ1) is 21.1. The maximum absolute atomic E-state index is 11.0. The van der Waals surface area contributed by atoms with Crippen molar-refractivity contribution in [1.82, 2.24) is 9.88 Å². The maximum atomic E-state index is 11.0. The van der Waals surface area contributed by atoms with E-state index in [2.05, 4.69) is 4.98 Å². The van der Waals surface area contributed by atoms with Gasteiger partial charge in [0, 0.05) is 18.5 Å². The van der Waals surface area contributed by atoms with E-state index in [0.717, 1.165) is 24.0 Å². The molecule has 0 bridgehead atoms. The van der Waals surface area contributed by atoms with E-state index >= 15 is 0 Å². The number of nitrogens with one attached hydrogen (secondary N) is 1. The number of hydrogen-bond donors (Lipinski definition) is 2. The second-order valence-electron chi connectivity index (χ2n) is 6.30. The number of amidine groups is 1. The normalized spacial score (nSPS) is 10.4. The molecule has 2 N–H and O–H groups in total. The summed E-state index contributed by atoms with van der Waals surface area (Å²) in [4.78, 5) is 27.7. The van der Waals surface area contributed by atoms with Crippen molar-refractivity contribution in [1.29, 1.82) is 5.41 Å². The van der Waals surface area contributed by atoms with Crippen LogP contribution in [0.1, 0.15) is 31.0 Å². The van der Waals surface area contributed by atoms with Crippen LogP contribution in [0.4, 0.5) is 0 Å². The molecule has 0 aliphatic carbocycles. The van der Waals surface area contributed by atoms with E-state index in [1.807, 2.05) is 31.2 Å². The average molecular weight is 383 g/mol. The van der Waals surface area contributed by atoms with Gasteiger partial charge < -0.3 is 14.7 Å². The maximum Gasteiger partial charge on any atom is 0.309 e. The lowest BCUT2D eigenvalue weighted by Crippen LogP contribution is -2.28. The van der Waals surface area contributed by atoms with Crippen molar-refractivity contribution in [3.63, 3.8) is 0 Å². The zero-order chi connectivity index (χ0) is 20.5. The molecule has 0 aliphatic heterocycles. The van der Waals surface area contributed by atoms with E-state index in [1.165, 1.54) is 12.0 Å². The Bertz CT molecular complexity index is 834.